The summed E-state index contributed by atoms with van der Waals surface area (Å²) in [6, 6.07) is 0. The lowest BCUT2D eigenvalue weighted by Gasteiger charge is -2.31. The van der Waals surface area contributed by atoms with Gasteiger partial charge in [0.2, 0.25) is 0 Å². The molecule has 0 bridgehead atoms. The zero-order chi connectivity index (χ0) is 12.3. The van der Waals surface area contributed by atoms with Gasteiger partial charge in [0, 0.05) is 21.3 Å². The van der Waals surface area contributed by atoms with Gasteiger partial charge in [-0.05, 0) is 0 Å². The molecule has 2 saturated heterocycles. The molecule has 0 aliphatic carbocycles. The van der Waals surface area contributed by atoms with E-state index in [1.165, 1.54) is 21.3 Å². The highest BCUT2D eigenvalue weighted by Crippen LogP contribution is 2.15. The lowest BCUT2D eigenvalue weighted by atomic mass is 9.91. The second-order valence-corrected chi connectivity index (χ2v) is 2.97. The average molecular weight is 243 g/mol. The summed E-state index contributed by atoms with van der Waals surface area (Å²) in [5.74, 6) is 0. The van der Waals surface area contributed by atoms with Crippen LogP contribution in [0.5, 0.6) is 0 Å². The van der Waals surface area contributed by atoms with Gasteiger partial charge in [-0.15, -0.1) is 0 Å². The van der Waals surface area contributed by atoms with Gasteiger partial charge in [-0.2, -0.15) is 0 Å². The van der Waals surface area contributed by atoms with Gasteiger partial charge in [-0.3, -0.25) is 0 Å². The van der Waals surface area contributed by atoms with E-state index >= 15 is 0 Å². The van der Waals surface area contributed by atoms with E-state index in [1.54, 1.807) is 0 Å². The maximum Gasteiger partial charge on any atom is 0.615 e. The second-order valence-electron chi connectivity index (χ2n) is 2.97. The number of hydrogen-bond donors (Lipinski definition) is 0. The average Bonchev–Trinajstić information content (AvgIpc) is 2.24. The Bertz CT molecular complexity index is 211. The van der Waals surface area contributed by atoms with E-state index < -0.39 is 36.6 Å². The molecule has 0 aromatic heterocycles. The van der Waals surface area contributed by atoms with E-state index in [4.69, 9.17) is 41.4 Å². The van der Waals surface area contributed by atoms with Crippen molar-refractivity contribution in [3.63, 3.8) is 0 Å². The Morgan fingerprint density at radius 3 is 1.41 bits per heavy atom. The molecule has 0 radical (unpaired) electrons. The third kappa shape index (κ3) is 3.47. The van der Waals surface area contributed by atoms with Crippen LogP contribution in [0.15, 0.2) is 0 Å². The topological polar surface area (TPSA) is 83.1 Å². The Labute approximate surface area is 100 Å². The van der Waals surface area contributed by atoms with Crippen LogP contribution in [0.2, 0.25) is 0 Å². The molecular formula is C3H9B5O9. The molecule has 0 aromatic rings. The molecule has 0 atom stereocenters. The molecule has 2 fully saturated rings. The van der Waals surface area contributed by atoms with Crippen LogP contribution >= 0.6 is 0 Å². The van der Waals surface area contributed by atoms with Crippen LogP contribution in [-0.4, -0.2) is 57.9 Å². The molecule has 0 spiro atoms. The van der Waals surface area contributed by atoms with Crippen LogP contribution in [0.3, 0.4) is 0 Å². The first-order valence-electron chi connectivity index (χ1n) is 4.76. The van der Waals surface area contributed by atoms with Crippen LogP contribution in [0.1, 0.15) is 0 Å². The molecule has 0 N–H and O–H groups in total. The van der Waals surface area contributed by atoms with Gasteiger partial charge in [-0.25, -0.2) is 0 Å². The normalized spacial score (nSPS) is 19.2. The smallest absolute Gasteiger partial charge is 0.401 e. The first kappa shape index (κ1) is 13.4. The van der Waals surface area contributed by atoms with Crippen LogP contribution < -0.4 is 0 Å². The summed E-state index contributed by atoms with van der Waals surface area (Å²) in [6.07, 6.45) is 0. The first-order valence-corrected chi connectivity index (χ1v) is 4.76. The fourth-order valence-corrected chi connectivity index (χ4v) is 1.06. The zero-order valence-corrected chi connectivity index (χ0v) is 9.56. The van der Waals surface area contributed by atoms with E-state index in [9.17, 15) is 0 Å². The van der Waals surface area contributed by atoms with E-state index in [1.807, 2.05) is 0 Å². The molecule has 0 saturated carbocycles. The number of hydrogen-bond acceptors (Lipinski definition) is 9. The van der Waals surface area contributed by atoms with Crippen LogP contribution in [0, 0.1) is 0 Å². The van der Waals surface area contributed by atoms with E-state index in [0.29, 0.717) is 0 Å². The van der Waals surface area contributed by atoms with Gasteiger partial charge in [0.05, 0.1) is 0 Å². The van der Waals surface area contributed by atoms with Gasteiger partial charge in [-0.1, -0.05) is 0 Å². The fourth-order valence-electron chi connectivity index (χ4n) is 1.06. The second kappa shape index (κ2) is 6.23. The monoisotopic (exact) mass is 244 g/mol. The molecule has 2 heterocycles. The van der Waals surface area contributed by atoms with Crippen molar-refractivity contribution in [2.45, 2.75) is 0 Å². The summed E-state index contributed by atoms with van der Waals surface area (Å²) < 4.78 is 44.3. The third-order valence-corrected chi connectivity index (χ3v) is 1.91. The van der Waals surface area contributed by atoms with Crippen molar-refractivity contribution in [2.24, 2.45) is 0 Å². The summed E-state index contributed by atoms with van der Waals surface area (Å²) in [5, 5.41) is 0. The predicted octanol–water partition coefficient (Wildman–Crippen LogP) is -2.02. The summed E-state index contributed by atoms with van der Waals surface area (Å²) in [4.78, 5) is 0. The van der Waals surface area contributed by atoms with Gasteiger partial charge in [0.15, 0.2) is 0 Å². The van der Waals surface area contributed by atoms with Crippen molar-refractivity contribution < 1.29 is 41.4 Å². The minimum atomic E-state index is -1.05. The summed E-state index contributed by atoms with van der Waals surface area (Å²) in [6.45, 7) is 0. The molecular weight excluding hydrogens is 234 g/mol. The first-order chi connectivity index (χ1) is 8.25. The quantitative estimate of drug-likeness (QED) is 0.470. The minimum absolute atomic E-state index is 0.730. The molecule has 17 heavy (non-hydrogen) atoms. The van der Waals surface area contributed by atoms with Crippen LogP contribution in [-0.2, 0) is 41.4 Å². The molecule has 2 aliphatic heterocycles. The Morgan fingerprint density at radius 1 is 0.706 bits per heavy atom. The highest BCUT2D eigenvalue weighted by Gasteiger charge is 2.52. The summed E-state index contributed by atoms with van der Waals surface area (Å²) in [5.41, 5.74) is 0. The molecule has 0 unspecified atom stereocenters. The lowest BCUT2D eigenvalue weighted by Crippen LogP contribution is -2.58. The van der Waals surface area contributed by atoms with E-state index in [2.05, 4.69) is 0 Å². The van der Waals surface area contributed by atoms with Crippen molar-refractivity contribution in [1.82, 2.24) is 0 Å². The fraction of sp³-hybridized carbons (Fsp3) is 1.00. The van der Waals surface area contributed by atoms with Crippen molar-refractivity contribution >= 4 is 36.6 Å². The highest BCUT2D eigenvalue weighted by molar-refractivity contribution is 6.73. The predicted molar refractivity (Wildman–Crippen MR) is 56.3 cm³/mol. The van der Waals surface area contributed by atoms with Crippen LogP contribution in [0.4, 0.5) is 0 Å². The zero-order valence-electron chi connectivity index (χ0n) is 9.56. The highest BCUT2D eigenvalue weighted by atomic mass is 16.9. The third-order valence-electron chi connectivity index (χ3n) is 1.91. The van der Waals surface area contributed by atoms with Crippen molar-refractivity contribution in [2.75, 3.05) is 21.3 Å². The lowest BCUT2D eigenvalue weighted by molar-refractivity contribution is 0.0750. The SMILES string of the molecule is COB1OB(OB(OC)OB2OB(OC)O2)O1. The minimum Gasteiger partial charge on any atom is -0.401 e. The molecule has 2 rings (SSSR count). The maximum absolute atomic E-state index is 5.07. The Morgan fingerprint density at radius 2 is 1.12 bits per heavy atom. The van der Waals surface area contributed by atoms with E-state index in [0.717, 1.165) is 0 Å². The van der Waals surface area contributed by atoms with Gasteiger partial charge < -0.3 is 41.4 Å². The van der Waals surface area contributed by atoms with Gasteiger partial charge >= 0.3 is 36.6 Å². The van der Waals surface area contributed by atoms with Crippen molar-refractivity contribution in [1.29, 1.82) is 0 Å². The summed E-state index contributed by atoms with van der Waals surface area (Å²) >= 11 is 0. The Balaban J connectivity index is 1.61. The molecule has 9 nitrogen and oxygen atoms in total. The Kier molecular flexibility index (Phi) is 4.91. The Hall–Kier alpha value is -0.0353. The van der Waals surface area contributed by atoms with Crippen molar-refractivity contribution in [3.8, 4) is 0 Å². The van der Waals surface area contributed by atoms with Gasteiger partial charge in [0.25, 0.3) is 0 Å². The maximum atomic E-state index is 5.07. The van der Waals surface area contributed by atoms with Crippen LogP contribution in [0.25, 0.3) is 0 Å². The summed E-state index contributed by atoms with van der Waals surface area (Å²) in [7, 11) is -0.0906. The number of rotatable bonds is 7. The largest absolute Gasteiger partial charge is 0.615 e. The molecule has 14 heteroatoms. The molecule has 0 aromatic carbocycles. The van der Waals surface area contributed by atoms with E-state index in [-0.39, 0.29) is 0 Å². The molecule has 2 aliphatic rings. The molecule has 0 amide bonds. The van der Waals surface area contributed by atoms with Crippen molar-refractivity contribution in [3.05, 3.63) is 0 Å². The van der Waals surface area contributed by atoms with Gasteiger partial charge in [0.1, 0.15) is 0 Å². The standard InChI is InChI=1S/C3H9B5O9/c1-9-4-12-7(13-4)16-6(11-3)17-8-14-5(10-2)15-8/h1-3H3. The molecule has 90 valence electrons.